The third-order valence-corrected chi connectivity index (χ3v) is 10.5. The molecule has 0 aliphatic heterocycles. The fraction of sp³-hybridized carbons (Fsp3) is 0.278. The van der Waals surface area contributed by atoms with Gasteiger partial charge in [0.25, 0.3) is 10.0 Å². The zero-order valence-electron chi connectivity index (χ0n) is 26.4. The molecule has 0 saturated heterocycles. The Labute approximate surface area is 285 Å². The summed E-state index contributed by atoms with van der Waals surface area (Å²) in [6, 6.07) is 27.1. The van der Waals surface area contributed by atoms with Crippen molar-refractivity contribution in [1.82, 2.24) is 10.2 Å². The topological polar surface area (TPSA) is 86.8 Å². The van der Waals surface area contributed by atoms with Crippen LogP contribution in [0.2, 0.25) is 5.02 Å². The largest absolute Gasteiger partial charge is 0.352 e. The van der Waals surface area contributed by atoms with Gasteiger partial charge in [-0.1, -0.05) is 83.0 Å². The van der Waals surface area contributed by atoms with Crippen molar-refractivity contribution in [3.8, 4) is 0 Å². The number of aryl methyl sites for hydroxylation is 2. The number of rotatable bonds is 13. The lowest BCUT2D eigenvalue weighted by molar-refractivity contribution is -0.140. The van der Waals surface area contributed by atoms with Gasteiger partial charge in [0.1, 0.15) is 12.6 Å². The van der Waals surface area contributed by atoms with Crippen LogP contribution in [0.3, 0.4) is 0 Å². The van der Waals surface area contributed by atoms with Crippen molar-refractivity contribution in [3.63, 3.8) is 0 Å². The number of hydrogen-bond acceptors (Lipinski definition) is 4. The predicted molar refractivity (Wildman–Crippen MR) is 188 cm³/mol. The molecule has 0 unspecified atom stereocenters. The van der Waals surface area contributed by atoms with Crippen molar-refractivity contribution in [2.75, 3.05) is 10.8 Å². The van der Waals surface area contributed by atoms with E-state index in [4.69, 9.17) is 11.6 Å². The highest BCUT2D eigenvalue weighted by atomic mass is 79.9. The minimum atomic E-state index is -4.22. The van der Waals surface area contributed by atoms with Gasteiger partial charge in [0, 0.05) is 28.5 Å². The van der Waals surface area contributed by atoms with Crippen LogP contribution in [-0.2, 0) is 32.6 Å². The smallest absolute Gasteiger partial charge is 0.264 e. The van der Waals surface area contributed by atoms with Crippen LogP contribution in [0.5, 0.6) is 0 Å². The van der Waals surface area contributed by atoms with E-state index in [9.17, 15) is 18.0 Å². The predicted octanol–water partition coefficient (Wildman–Crippen LogP) is 7.47. The van der Waals surface area contributed by atoms with E-state index >= 15 is 0 Å². The van der Waals surface area contributed by atoms with Crippen molar-refractivity contribution in [1.29, 1.82) is 0 Å². The van der Waals surface area contributed by atoms with Crippen molar-refractivity contribution in [2.24, 2.45) is 0 Å². The van der Waals surface area contributed by atoms with Gasteiger partial charge in [-0.2, -0.15) is 0 Å². The van der Waals surface area contributed by atoms with Gasteiger partial charge in [0.2, 0.25) is 11.8 Å². The van der Waals surface area contributed by atoms with Crippen LogP contribution in [0.1, 0.15) is 42.5 Å². The van der Waals surface area contributed by atoms with Crippen molar-refractivity contribution >= 4 is 55.1 Å². The van der Waals surface area contributed by atoms with Gasteiger partial charge in [-0.15, -0.1) is 0 Å². The van der Waals surface area contributed by atoms with E-state index < -0.39 is 28.5 Å². The maximum absolute atomic E-state index is 14.6. The lowest BCUT2D eigenvalue weighted by Crippen LogP contribution is -2.54. The Bertz CT molecular complexity index is 1770. The molecule has 0 spiro atoms. The third kappa shape index (κ3) is 8.99. The zero-order chi connectivity index (χ0) is 33.4. The molecule has 0 aromatic heterocycles. The first-order valence-electron chi connectivity index (χ1n) is 15.1. The molecule has 0 bridgehead atoms. The Kier molecular flexibility index (Phi) is 12.1. The molecule has 10 heteroatoms. The number of halogens is 2. The number of hydrogen-bond donors (Lipinski definition) is 1. The van der Waals surface area contributed by atoms with Crippen LogP contribution >= 0.6 is 27.5 Å². The van der Waals surface area contributed by atoms with Gasteiger partial charge in [-0.05, 0) is 98.0 Å². The Hall–Kier alpha value is -3.66. The summed E-state index contributed by atoms with van der Waals surface area (Å²) in [6.45, 7) is 7.28. The zero-order valence-corrected chi connectivity index (χ0v) is 29.6. The first kappa shape index (κ1) is 35.2. The normalized spacial score (nSPS) is 12.7. The SMILES string of the molecule is CC[C@H](C)NC(=O)[C@H](Cc1ccccc1)N(Cc1cccc(Br)c1)C(=O)CN(c1ccc(C)c(C)c1)S(=O)(=O)c1ccc(Cl)cc1. The van der Waals surface area contributed by atoms with E-state index in [1.165, 1.54) is 29.2 Å². The van der Waals surface area contributed by atoms with Crippen LogP contribution in [0.15, 0.2) is 106 Å². The van der Waals surface area contributed by atoms with E-state index in [1.54, 1.807) is 12.1 Å². The number of sulfonamides is 1. The molecule has 0 fully saturated rings. The van der Waals surface area contributed by atoms with Gasteiger partial charge in [0.15, 0.2) is 0 Å². The van der Waals surface area contributed by atoms with E-state index in [0.29, 0.717) is 17.1 Å². The molecule has 2 amide bonds. The van der Waals surface area contributed by atoms with Crippen molar-refractivity contribution < 1.29 is 18.0 Å². The maximum Gasteiger partial charge on any atom is 0.264 e. The second-order valence-electron chi connectivity index (χ2n) is 11.4. The second kappa shape index (κ2) is 15.8. The number of benzene rings is 4. The summed E-state index contributed by atoms with van der Waals surface area (Å²) < 4.78 is 30.4. The molecule has 2 atom stereocenters. The highest BCUT2D eigenvalue weighted by molar-refractivity contribution is 9.10. The first-order chi connectivity index (χ1) is 21.9. The third-order valence-electron chi connectivity index (χ3n) is 7.97. The molecule has 0 aliphatic carbocycles. The molecule has 7 nitrogen and oxygen atoms in total. The van der Waals surface area contributed by atoms with E-state index in [-0.39, 0.29) is 29.8 Å². The summed E-state index contributed by atoms with van der Waals surface area (Å²) >= 11 is 9.59. The standard InChI is InChI=1S/C36H39BrClN3O4S/c1-5-27(4)39-36(43)34(22-28-10-7-6-8-11-28)40(23-29-12-9-13-30(37)21-29)35(42)24-41(32-17-14-25(2)26(3)20-32)46(44,45)33-18-15-31(38)16-19-33/h6-21,27,34H,5,22-24H2,1-4H3,(H,39,43)/t27-,34-/m0/s1. The Morgan fingerprint density at radius 2 is 1.54 bits per heavy atom. The minimum Gasteiger partial charge on any atom is -0.352 e. The number of amides is 2. The fourth-order valence-corrected chi connectivity index (χ4v) is 6.95. The highest BCUT2D eigenvalue weighted by Crippen LogP contribution is 2.28. The van der Waals surface area contributed by atoms with E-state index in [1.807, 2.05) is 88.4 Å². The molecule has 46 heavy (non-hydrogen) atoms. The number of carbonyl (C=O) groups is 2. The molecule has 0 saturated carbocycles. The van der Waals surface area contributed by atoms with Gasteiger partial charge >= 0.3 is 0 Å². The lowest BCUT2D eigenvalue weighted by Gasteiger charge is -2.34. The van der Waals surface area contributed by atoms with Crippen molar-refractivity contribution in [3.05, 3.63) is 129 Å². The number of nitrogens with zero attached hydrogens (tertiary/aromatic N) is 2. The molecule has 242 valence electrons. The average molecular weight is 725 g/mol. The average Bonchev–Trinajstić information content (AvgIpc) is 3.03. The first-order valence-corrected chi connectivity index (χ1v) is 17.7. The second-order valence-corrected chi connectivity index (χ2v) is 14.6. The highest BCUT2D eigenvalue weighted by Gasteiger charge is 2.35. The number of nitrogens with one attached hydrogen (secondary N) is 1. The van der Waals surface area contributed by atoms with Gasteiger partial charge in [0.05, 0.1) is 10.6 Å². The van der Waals surface area contributed by atoms with Crippen LogP contribution in [0.25, 0.3) is 0 Å². The summed E-state index contributed by atoms with van der Waals surface area (Å²) in [5.41, 5.74) is 3.87. The fourth-order valence-electron chi connectivity index (χ4n) is 4.97. The molecule has 0 aliphatic rings. The Morgan fingerprint density at radius 3 is 2.17 bits per heavy atom. The molecule has 4 aromatic rings. The summed E-state index contributed by atoms with van der Waals surface area (Å²) in [7, 11) is -4.22. The van der Waals surface area contributed by atoms with Crippen LogP contribution in [-0.4, -0.2) is 43.8 Å². The lowest BCUT2D eigenvalue weighted by atomic mass is 10.0. The summed E-state index contributed by atoms with van der Waals surface area (Å²) in [4.78, 5) is 30.0. The van der Waals surface area contributed by atoms with Gasteiger partial charge in [-0.3, -0.25) is 13.9 Å². The van der Waals surface area contributed by atoms with Gasteiger partial charge < -0.3 is 10.2 Å². The van der Waals surface area contributed by atoms with Crippen LogP contribution < -0.4 is 9.62 Å². The Morgan fingerprint density at radius 1 is 0.870 bits per heavy atom. The number of carbonyl (C=O) groups excluding carboxylic acids is 2. The molecule has 4 rings (SSSR count). The van der Waals surface area contributed by atoms with Crippen LogP contribution in [0, 0.1) is 13.8 Å². The van der Waals surface area contributed by atoms with Gasteiger partial charge in [-0.25, -0.2) is 8.42 Å². The molecular weight excluding hydrogens is 686 g/mol. The van der Waals surface area contributed by atoms with Crippen LogP contribution in [0.4, 0.5) is 5.69 Å². The summed E-state index contributed by atoms with van der Waals surface area (Å²) in [5, 5.41) is 3.45. The number of anilines is 1. The maximum atomic E-state index is 14.6. The van der Waals surface area contributed by atoms with Crippen molar-refractivity contribution in [2.45, 2.75) is 64.1 Å². The summed E-state index contributed by atoms with van der Waals surface area (Å²) in [5.74, 6) is -0.823. The monoisotopic (exact) mass is 723 g/mol. The molecule has 1 N–H and O–H groups in total. The van der Waals surface area contributed by atoms with E-state index in [2.05, 4.69) is 21.2 Å². The molecule has 0 heterocycles. The Balaban J connectivity index is 1.83. The molecular formula is C36H39BrClN3O4S. The minimum absolute atomic E-state index is 0.00295. The summed E-state index contributed by atoms with van der Waals surface area (Å²) in [6.07, 6.45) is 0.958. The molecule has 4 aromatic carbocycles. The van der Waals surface area contributed by atoms with E-state index in [0.717, 1.165) is 31.0 Å². The molecule has 0 radical (unpaired) electrons. The quantitative estimate of drug-likeness (QED) is 0.155.